The van der Waals surface area contributed by atoms with Crippen LogP contribution in [0.2, 0.25) is 0 Å². The number of carbonyl (C=O) groups is 1. The molecular weight excluding hydrogens is 224 g/mol. The highest BCUT2D eigenvalue weighted by atomic mass is 16.2. The number of hydrogen-bond acceptors (Lipinski definition) is 2. The summed E-state index contributed by atoms with van der Waals surface area (Å²) < 4.78 is 0. The molecule has 0 aliphatic carbocycles. The van der Waals surface area contributed by atoms with Crippen molar-refractivity contribution in [2.45, 2.75) is 45.1 Å². The number of amides is 1. The van der Waals surface area contributed by atoms with E-state index in [9.17, 15) is 4.79 Å². The molecule has 18 heavy (non-hydrogen) atoms. The Kier molecular flexibility index (Phi) is 4.24. The first-order valence-electron chi connectivity index (χ1n) is 6.81. The molecule has 3 heteroatoms. The number of para-hydroxylation sites is 1. The Balaban J connectivity index is 2.04. The maximum atomic E-state index is 12.4. The van der Waals surface area contributed by atoms with Crippen LogP contribution in [0.4, 0.5) is 5.69 Å². The van der Waals surface area contributed by atoms with Gasteiger partial charge in [0.15, 0.2) is 0 Å². The summed E-state index contributed by atoms with van der Waals surface area (Å²) in [6.07, 6.45) is 5.15. The van der Waals surface area contributed by atoms with Gasteiger partial charge in [-0.15, -0.1) is 0 Å². The summed E-state index contributed by atoms with van der Waals surface area (Å²) in [6.45, 7) is 3.05. The Morgan fingerprint density at radius 2 is 2.11 bits per heavy atom. The highest BCUT2D eigenvalue weighted by Gasteiger charge is 2.22. The molecule has 1 aliphatic rings. The van der Waals surface area contributed by atoms with Crippen LogP contribution < -0.4 is 5.73 Å². The van der Waals surface area contributed by atoms with E-state index in [2.05, 4.69) is 6.92 Å². The monoisotopic (exact) mass is 246 g/mol. The lowest BCUT2D eigenvalue weighted by Gasteiger charge is -2.27. The third-order valence-corrected chi connectivity index (χ3v) is 3.77. The molecule has 1 aromatic carbocycles. The number of likely N-dealkylation sites (tertiary alicyclic amines) is 1. The van der Waals surface area contributed by atoms with Crippen molar-refractivity contribution in [2.75, 3.05) is 12.3 Å². The van der Waals surface area contributed by atoms with Gasteiger partial charge in [0.2, 0.25) is 5.91 Å². The van der Waals surface area contributed by atoms with Crippen molar-refractivity contribution >= 4 is 11.6 Å². The summed E-state index contributed by atoms with van der Waals surface area (Å²) in [5.74, 6) is 0.210. The fourth-order valence-corrected chi connectivity index (χ4v) is 2.61. The van der Waals surface area contributed by atoms with E-state index in [4.69, 9.17) is 5.73 Å². The number of carbonyl (C=O) groups excluding carboxylic acids is 1. The number of nitrogens with two attached hydrogens (primary N) is 1. The van der Waals surface area contributed by atoms with Crippen LogP contribution in [0, 0.1) is 0 Å². The molecule has 98 valence electrons. The minimum atomic E-state index is 0.210. The number of rotatable bonds is 2. The van der Waals surface area contributed by atoms with Gasteiger partial charge in [0.1, 0.15) is 0 Å². The summed E-state index contributed by atoms with van der Waals surface area (Å²) >= 11 is 0. The lowest BCUT2D eigenvalue weighted by Crippen LogP contribution is -2.39. The van der Waals surface area contributed by atoms with Crippen LogP contribution >= 0.6 is 0 Å². The normalized spacial score (nSPS) is 20.5. The Bertz CT molecular complexity index is 417. The lowest BCUT2D eigenvalue weighted by atomic mass is 10.1. The van der Waals surface area contributed by atoms with Crippen LogP contribution in [0.15, 0.2) is 24.3 Å². The van der Waals surface area contributed by atoms with Crippen molar-refractivity contribution in [3.63, 3.8) is 0 Å². The minimum Gasteiger partial charge on any atom is -0.398 e. The number of hydrogen-bond donors (Lipinski definition) is 1. The summed E-state index contributed by atoms with van der Waals surface area (Å²) in [4.78, 5) is 14.4. The molecule has 3 nitrogen and oxygen atoms in total. The van der Waals surface area contributed by atoms with Gasteiger partial charge in [0.05, 0.1) is 6.42 Å². The SMILES string of the molecule is CC1CCCCCN1C(=O)Cc1ccccc1N. The molecule has 0 spiro atoms. The van der Waals surface area contributed by atoms with Gasteiger partial charge in [-0.3, -0.25) is 4.79 Å². The van der Waals surface area contributed by atoms with E-state index >= 15 is 0 Å². The number of anilines is 1. The van der Waals surface area contributed by atoms with Crippen molar-refractivity contribution in [1.82, 2.24) is 4.90 Å². The molecule has 0 radical (unpaired) electrons. The van der Waals surface area contributed by atoms with Gasteiger partial charge in [-0.25, -0.2) is 0 Å². The van der Waals surface area contributed by atoms with Gasteiger partial charge in [-0.05, 0) is 31.4 Å². The zero-order valence-corrected chi connectivity index (χ0v) is 11.1. The first kappa shape index (κ1) is 12.9. The highest BCUT2D eigenvalue weighted by molar-refractivity contribution is 5.80. The predicted molar refractivity (Wildman–Crippen MR) is 74.2 cm³/mol. The zero-order valence-electron chi connectivity index (χ0n) is 11.1. The predicted octanol–water partition coefficient (Wildman–Crippen LogP) is 2.60. The van der Waals surface area contributed by atoms with Crippen molar-refractivity contribution < 1.29 is 4.79 Å². The fraction of sp³-hybridized carbons (Fsp3) is 0.533. The highest BCUT2D eigenvalue weighted by Crippen LogP contribution is 2.19. The van der Waals surface area contributed by atoms with Crippen LogP contribution in [0.1, 0.15) is 38.2 Å². The van der Waals surface area contributed by atoms with E-state index in [1.807, 2.05) is 29.2 Å². The van der Waals surface area contributed by atoms with E-state index in [1.54, 1.807) is 0 Å². The molecule has 1 atom stereocenters. The molecule has 1 aromatic rings. The third kappa shape index (κ3) is 3.03. The van der Waals surface area contributed by atoms with E-state index < -0.39 is 0 Å². The molecule has 2 N–H and O–H groups in total. The number of nitrogens with zero attached hydrogens (tertiary/aromatic N) is 1. The molecule has 0 aromatic heterocycles. The van der Waals surface area contributed by atoms with Crippen LogP contribution in [0.3, 0.4) is 0 Å². The van der Waals surface area contributed by atoms with E-state index in [-0.39, 0.29) is 5.91 Å². The average Bonchev–Trinajstić information content (AvgIpc) is 2.57. The largest absolute Gasteiger partial charge is 0.398 e. The van der Waals surface area contributed by atoms with Crippen molar-refractivity contribution in [2.24, 2.45) is 0 Å². The Hall–Kier alpha value is -1.51. The van der Waals surface area contributed by atoms with E-state index in [0.717, 1.165) is 24.9 Å². The topological polar surface area (TPSA) is 46.3 Å². The maximum absolute atomic E-state index is 12.4. The van der Waals surface area contributed by atoms with Crippen LogP contribution in [-0.4, -0.2) is 23.4 Å². The molecule has 2 rings (SSSR count). The second-order valence-electron chi connectivity index (χ2n) is 5.16. The third-order valence-electron chi connectivity index (χ3n) is 3.77. The van der Waals surface area contributed by atoms with Gasteiger partial charge in [-0.2, -0.15) is 0 Å². The Morgan fingerprint density at radius 3 is 2.89 bits per heavy atom. The van der Waals surface area contributed by atoms with Gasteiger partial charge in [0, 0.05) is 18.3 Å². The second-order valence-corrected chi connectivity index (χ2v) is 5.16. The maximum Gasteiger partial charge on any atom is 0.227 e. The standard InChI is InChI=1S/C15H22N2O/c1-12-7-3-2-6-10-17(12)15(18)11-13-8-4-5-9-14(13)16/h4-5,8-9,12H,2-3,6-7,10-11,16H2,1H3. The van der Waals surface area contributed by atoms with Gasteiger partial charge >= 0.3 is 0 Å². The van der Waals surface area contributed by atoms with Crippen LogP contribution in [0.25, 0.3) is 0 Å². The quantitative estimate of drug-likeness (QED) is 0.815. The molecule has 1 saturated heterocycles. The minimum absolute atomic E-state index is 0.210. The smallest absolute Gasteiger partial charge is 0.227 e. The fourth-order valence-electron chi connectivity index (χ4n) is 2.61. The van der Waals surface area contributed by atoms with E-state index in [0.29, 0.717) is 18.2 Å². The summed E-state index contributed by atoms with van der Waals surface area (Å²) in [7, 11) is 0. The summed E-state index contributed by atoms with van der Waals surface area (Å²) in [6, 6.07) is 8.00. The molecule has 0 bridgehead atoms. The van der Waals surface area contributed by atoms with E-state index in [1.165, 1.54) is 12.8 Å². The van der Waals surface area contributed by atoms with Gasteiger partial charge in [0.25, 0.3) is 0 Å². The first-order valence-corrected chi connectivity index (χ1v) is 6.81. The Morgan fingerprint density at radius 1 is 1.33 bits per heavy atom. The second kappa shape index (κ2) is 5.89. The summed E-state index contributed by atoms with van der Waals surface area (Å²) in [5, 5.41) is 0. The number of benzene rings is 1. The molecule has 1 aliphatic heterocycles. The van der Waals surface area contributed by atoms with Crippen LogP contribution in [-0.2, 0) is 11.2 Å². The zero-order chi connectivity index (χ0) is 13.0. The van der Waals surface area contributed by atoms with Crippen molar-refractivity contribution in [1.29, 1.82) is 0 Å². The molecular formula is C15H22N2O. The molecule has 1 unspecified atom stereocenters. The van der Waals surface area contributed by atoms with Gasteiger partial charge < -0.3 is 10.6 Å². The molecule has 1 fully saturated rings. The van der Waals surface area contributed by atoms with Crippen molar-refractivity contribution in [3.05, 3.63) is 29.8 Å². The number of nitrogen functional groups attached to an aromatic ring is 1. The molecule has 1 amide bonds. The van der Waals surface area contributed by atoms with Crippen molar-refractivity contribution in [3.8, 4) is 0 Å². The molecule has 1 heterocycles. The van der Waals surface area contributed by atoms with Crippen LogP contribution in [0.5, 0.6) is 0 Å². The van der Waals surface area contributed by atoms with Gasteiger partial charge in [-0.1, -0.05) is 31.0 Å². The first-order chi connectivity index (χ1) is 8.68. The lowest BCUT2D eigenvalue weighted by molar-refractivity contribution is -0.132. The Labute approximate surface area is 109 Å². The average molecular weight is 246 g/mol. The molecule has 0 saturated carbocycles. The summed E-state index contributed by atoms with van der Waals surface area (Å²) in [5.41, 5.74) is 7.55.